The highest BCUT2D eigenvalue weighted by atomic mass is 32.2. The molecule has 0 aliphatic carbocycles. The highest BCUT2D eigenvalue weighted by Crippen LogP contribution is 2.46. The molecule has 0 atom stereocenters. The van der Waals surface area contributed by atoms with Crippen molar-refractivity contribution in [2.45, 2.75) is 22.9 Å². The monoisotopic (exact) mass is 353 g/mol. The van der Waals surface area contributed by atoms with Crippen molar-refractivity contribution in [3.8, 4) is 0 Å². The van der Waals surface area contributed by atoms with E-state index < -0.39 is 38.8 Å². The second-order valence-corrected chi connectivity index (χ2v) is 5.58. The van der Waals surface area contributed by atoms with Crippen LogP contribution in [-0.2, 0) is 14.8 Å². The Morgan fingerprint density at radius 2 is 1.36 bits per heavy atom. The first-order chi connectivity index (χ1) is 9.73. The van der Waals surface area contributed by atoms with Crippen molar-refractivity contribution < 1.29 is 43.9 Å². The van der Waals surface area contributed by atoms with E-state index in [1.165, 1.54) is 6.07 Å². The summed E-state index contributed by atoms with van der Waals surface area (Å²) in [6.45, 7) is 0. The van der Waals surface area contributed by atoms with Gasteiger partial charge in [0, 0.05) is 0 Å². The van der Waals surface area contributed by atoms with Crippen LogP contribution < -0.4 is 4.72 Å². The molecule has 0 aromatic heterocycles. The zero-order valence-corrected chi connectivity index (χ0v) is 11.0. The summed E-state index contributed by atoms with van der Waals surface area (Å²) >= 11 is 0. The third-order valence-electron chi connectivity index (χ3n) is 2.32. The van der Waals surface area contributed by atoms with Gasteiger partial charge in [0.15, 0.2) is 0 Å². The Balaban J connectivity index is 3.12. The second-order valence-electron chi connectivity index (χ2n) is 3.89. The number of carbonyl (C=O) groups is 1. The number of sulfonamides is 1. The summed E-state index contributed by atoms with van der Waals surface area (Å²) in [5.74, 6) is -16.3. The summed E-state index contributed by atoms with van der Waals surface area (Å²) < 4.78 is 110. The molecule has 1 aromatic rings. The van der Waals surface area contributed by atoms with Gasteiger partial charge < -0.3 is 0 Å². The minimum absolute atomic E-state index is 0.494. The molecule has 0 heterocycles. The Morgan fingerprint density at radius 1 is 0.909 bits per heavy atom. The van der Waals surface area contributed by atoms with E-state index in [4.69, 9.17) is 0 Å². The lowest BCUT2D eigenvalue weighted by molar-refractivity contribution is -0.343. The molecule has 124 valence electrons. The molecule has 12 heteroatoms. The Bertz CT molecular complexity index is 655. The van der Waals surface area contributed by atoms with E-state index in [1.54, 1.807) is 0 Å². The molecule has 0 saturated carbocycles. The Morgan fingerprint density at radius 3 is 1.77 bits per heavy atom. The number of rotatable bonds is 4. The first-order valence-corrected chi connectivity index (χ1v) is 6.66. The highest BCUT2D eigenvalue weighted by Gasteiger charge is 2.76. The molecular formula is C10H6F7NO3S. The standard InChI is InChI=1S/C10H6F7NO3S/c11-8(12,9(13,14)10(15,16)17)7(19)18-22(20,21)6-4-2-1-3-5-6/h1-5H,(H,18,19). The van der Waals surface area contributed by atoms with E-state index in [0.717, 1.165) is 24.3 Å². The lowest BCUT2D eigenvalue weighted by Crippen LogP contribution is -2.60. The van der Waals surface area contributed by atoms with E-state index in [9.17, 15) is 43.9 Å². The topological polar surface area (TPSA) is 63.2 Å². The van der Waals surface area contributed by atoms with Crippen LogP contribution in [0.4, 0.5) is 30.7 Å². The molecule has 1 aromatic carbocycles. The molecule has 1 rings (SSSR count). The van der Waals surface area contributed by atoms with Crippen LogP contribution >= 0.6 is 0 Å². The van der Waals surface area contributed by atoms with E-state index in [1.807, 2.05) is 0 Å². The van der Waals surface area contributed by atoms with E-state index in [0.29, 0.717) is 4.72 Å². The number of hydrogen-bond donors (Lipinski definition) is 1. The van der Waals surface area contributed by atoms with Crippen LogP contribution in [0, 0.1) is 0 Å². The van der Waals surface area contributed by atoms with Crippen LogP contribution in [0.1, 0.15) is 0 Å². The first-order valence-electron chi connectivity index (χ1n) is 5.18. The van der Waals surface area contributed by atoms with E-state index in [2.05, 4.69) is 0 Å². The first kappa shape index (κ1) is 18.2. The molecule has 0 bridgehead atoms. The Labute approximate surface area is 119 Å². The van der Waals surface area contributed by atoms with Gasteiger partial charge >= 0.3 is 23.9 Å². The lowest BCUT2D eigenvalue weighted by Gasteiger charge is -2.26. The average molecular weight is 353 g/mol. The summed E-state index contributed by atoms with van der Waals surface area (Å²) in [5, 5.41) is 0. The van der Waals surface area contributed by atoms with Gasteiger partial charge in [-0.25, -0.2) is 13.1 Å². The molecule has 0 saturated heterocycles. The van der Waals surface area contributed by atoms with Crippen molar-refractivity contribution >= 4 is 15.9 Å². The second kappa shape index (κ2) is 5.41. The Kier molecular flexibility index (Phi) is 4.47. The number of halogens is 7. The third kappa shape index (κ3) is 3.15. The molecule has 0 spiro atoms. The minimum Gasteiger partial charge on any atom is -0.267 e. The van der Waals surface area contributed by atoms with Gasteiger partial charge in [-0.2, -0.15) is 30.7 Å². The molecule has 1 N–H and O–H groups in total. The van der Waals surface area contributed by atoms with Crippen molar-refractivity contribution in [1.29, 1.82) is 0 Å². The predicted octanol–water partition coefficient (Wildman–Crippen LogP) is 2.32. The zero-order chi connectivity index (χ0) is 17.4. The molecule has 1 amide bonds. The molecule has 0 unspecified atom stereocenters. The van der Waals surface area contributed by atoms with E-state index >= 15 is 0 Å². The van der Waals surface area contributed by atoms with Gasteiger partial charge in [0.25, 0.3) is 10.0 Å². The van der Waals surface area contributed by atoms with Crippen molar-refractivity contribution in [2.75, 3.05) is 0 Å². The molecule has 0 aliphatic heterocycles. The zero-order valence-electron chi connectivity index (χ0n) is 10.2. The molecule has 22 heavy (non-hydrogen) atoms. The van der Waals surface area contributed by atoms with Crippen molar-refractivity contribution in [2.24, 2.45) is 0 Å². The summed E-state index contributed by atoms with van der Waals surface area (Å²) in [4.78, 5) is 10.2. The van der Waals surface area contributed by atoms with Gasteiger partial charge in [-0.1, -0.05) is 18.2 Å². The predicted molar refractivity (Wildman–Crippen MR) is 57.7 cm³/mol. The summed E-state index contributed by atoms with van der Waals surface area (Å²) in [7, 11) is -5.03. The van der Waals surface area contributed by atoms with Crippen molar-refractivity contribution in [3.05, 3.63) is 30.3 Å². The number of benzene rings is 1. The lowest BCUT2D eigenvalue weighted by atomic mass is 10.1. The average Bonchev–Trinajstić information content (AvgIpc) is 2.37. The van der Waals surface area contributed by atoms with Crippen LogP contribution in [0.2, 0.25) is 0 Å². The SMILES string of the molecule is O=C(NS(=O)(=O)c1ccccc1)C(F)(F)C(F)(F)C(F)(F)F. The van der Waals surface area contributed by atoms with Gasteiger partial charge in [-0.3, -0.25) is 4.79 Å². The van der Waals surface area contributed by atoms with Crippen LogP contribution in [0.3, 0.4) is 0 Å². The van der Waals surface area contributed by atoms with Gasteiger partial charge in [0.2, 0.25) is 0 Å². The number of alkyl halides is 7. The summed E-state index contributed by atoms with van der Waals surface area (Å²) in [6.07, 6.45) is -6.75. The smallest absolute Gasteiger partial charge is 0.267 e. The van der Waals surface area contributed by atoms with Crippen LogP contribution in [0.15, 0.2) is 35.2 Å². The van der Waals surface area contributed by atoms with Crippen molar-refractivity contribution in [3.63, 3.8) is 0 Å². The summed E-state index contributed by atoms with van der Waals surface area (Å²) in [6, 6.07) is 5.17. The fraction of sp³-hybridized carbons (Fsp3) is 0.300. The van der Waals surface area contributed by atoms with Crippen molar-refractivity contribution in [1.82, 2.24) is 4.72 Å². The fourth-order valence-electron chi connectivity index (χ4n) is 1.17. The maximum atomic E-state index is 13.0. The number of amides is 1. The molecule has 4 nitrogen and oxygen atoms in total. The minimum atomic E-state index is -6.75. The molecule has 0 aliphatic rings. The van der Waals surface area contributed by atoms with Crippen LogP contribution in [0.25, 0.3) is 0 Å². The van der Waals surface area contributed by atoms with Gasteiger partial charge in [-0.05, 0) is 12.1 Å². The third-order valence-corrected chi connectivity index (χ3v) is 3.66. The largest absolute Gasteiger partial charge is 0.460 e. The quantitative estimate of drug-likeness (QED) is 0.845. The molecular weight excluding hydrogens is 347 g/mol. The van der Waals surface area contributed by atoms with Gasteiger partial charge in [0.1, 0.15) is 0 Å². The van der Waals surface area contributed by atoms with Crippen LogP contribution in [0.5, 0.6) is 0 Å². The maximum absolute atomic E-state index is 13.0. The summed E-state index contributed by atoms with van der Waals surface area (Å²) in [5.41, 5.74) is 0. The highest BCUT2D eigenvalue weighted by molar-refractivity contribution is 7.90. The van der Waals surface area contributed by atoms with E-state index in [-0.39, 0.29) is 0 Å². The number of hydrogen-bond acceptors (Lipinski definition) is 3. The fourth-order valence-corrected chi connectivity index (χ4v) is 2.17. The molecule has 0 radical (unpaired) electrons. The van der Waals surface area contributed by atoms with Crippen LogP contribution in [-0.4, -0.2) is 32.3 Å². The number of carbonyl (C=O) groups excluding carboxylic acids is 1. The Hall–Kier alpha value is -1.85. The maximum Gasteiger partial charge on any atom is 0.460 e. The normalized spacial score (nSPS) is 13.8. The van der Waals surface area contributed by atoms with Gasteiger partial charge in [-0.15, -0.1) is 0 Å². The van der Waals surface area contributed by atoms with Gasteiger partial charge in [0.05, 0.1) is 4.90 Å². The number of nitrogens with one attached hydrogen (secondary N) is 1. The molecule has 0 fully saturated rings.